The van der Waals surface area contributed by atoms with Crippen LogP contribution in [0, 0.1) is 0 Å². The minimum absolute atomic E-state index is 0.0835. The number of nitrogens with one attached hydrogen (secondary N) is 3. The third kappa shape index (κ3) is 14.9. The van der Waals surface area contributed by atoms with Gasteiger partial charge in [0.15, 0.2) is 5.96 Å². The first kappa shape index (κ1) is 33.0. The van der Waals surface area contributed by atoms with Crippen LogP contribution in [0.2, 0.25) is 0 Å². The van der Waals surface area contributed by atoms with Crippen molar-refractivity contribution in [2.75, 3.05) is 13.1 Å². The SMILES string of the molecule is NCCCCC(N)C(=O)NC(CC(N)=O)C(=O)NC(CC(=O)O)C(=O)NC(CCCN=C(N)N)C(=O)O. The van der Waals surface area contributed by atoms with Gasteiger partial charge in [0.05, 0.1) is 18.9 Å². The van der Waals surface area contributed by atoms with Crippen LogP contribution in [0.1, 0.15) is 44.9 Å². The van der Waals surface area contributed by atoms with Crippen molar-refractivity contribution >= 4 is 41.5 Å². The number of unbranched alkanes of at least 4 members (excludes halogenated alkanes) is 1. The number of nitrogens with two attached hydrogens (primary N) is 5. The number of rotatable bonds is 19. The van der Waals surface area contributed by atoms with Gasteiger partial charge in [0.1, 0.15) is 18.1 Å². The molecular formula is C20H37N9O8. The minimum Gasteiger partial charge on any atom is -0.481 e. The normalized spacial score (nSPS) is 13.8. The highest BCUT2D eigenvalue weighted by atomic mass is 16.4. The average Bonchev–Trinajstić information content (AvgIpc) is 2.78. The summed E-state index contributed by atoms with van der Waals surface area (Å²) in [5.74, 6) is -7.06. The summed E-state index contributed by atoms with van der Waals surface area (Å²) in [4.78, 5) is 75.7. The minimum atomic E-state index is -1.74. The van der Waals surface area contributed by atoms with E-state index in [0.29, 0.717) is 19.4 Å². The fourth-order valence-electron chi connectivity index (χ4n) is 3.02. The number of aliphatic carboxylic acids is 2. The number of carboxylic acids is 2. The molecule has 0 aliphatic rings. The predicted molar refractivity (Wildman–Crippen MR) is 130 cm³/mol. The highest BCUT2D eigenvalue weighted by Gasteiger charge is 2.32. The topological polar surface area (TPSA) is 321 Å². The maximum absolute atomic E-state index is 12.8. The summed E-state index contributed by atoms with van der Waals surface area (Å²) in [6.07, 6.45) is -0.126. The van der Waals surface area contributed by atoms with E-state index < -0.39 is 72.6 Å². The molecule has 0 aromatic rings. The van der Waals surface area contributed by atoms with Crippen molar-refractivity contribution in [2.45, 2.75) is 69.1 Å². The zero-order valence-corrected chi connectivity index (χ0v) is 20.4. The number of guanidine groups is 1. The Morgan fingerprint density at radius 3 is 1.76 bits per heavy atom. The molecule has 0 bridgehead atoms. The van der Waals surface area contributed by atoms with Gasteiger partial charge in [-0.3, -0.25) is 29.0 Å². The lowest BCUT2D eigenvalue weighted by atomic mass is 10.1. The van der Waals surface area contributed by atoms with Crippen molar-refractivity contribution < 1.29 is 39.0 Å². The number of carboxylic acid groups (broad SMARTS) is 2. The lowest BCUT2D eigenvalue weighted by Gasteiger charge is -2.24. The van der Waals surface area contributed by atoms with Crippen LogP contribution in [0.4, 0.5) is 0 Å². The van der Waals surface area contributed by atoms with Crippen LogP contribution in [-0.4, -0.2) is 89.0 Å². The molecular weight excluding hydrogens is 494 g/mol. The van der Waals surface area contributed by atoms with Gasteiger partial charge in [-0.05, 0) is 32.2 Å². The van der Waals surface area contributed by atoms with Crippen molar-refractivity contribution in [3.8, 4) is 0 Å². The number of nitrogens with zero attached hydrogens (tertiary/aromatic N) is 1. The lowest BCUT2D eigenvalue weighted by Crippen LogP contribution is -2.58. The molecule has 4 amide bonds. The third-order valence-corrected chi connectivity index (χ3v) is 4.92. The summed E-state index contributed by atoms with van der Waals surface area (Å²) in [7, 11) is 0. The van der Waals surface area contributed by atoms with E-state index in [-0.39, 0.29) is 31.8 Å². The Labute approximate surface area is 212 Å². The first-order valence-corrected chi connectivity index (χ1v) is 11.4. The molecule has 0 saturated carbocycles. The molecule has 0 rings (SSSR count). The van der Waals surface area contributed by atoms with Gasteiger partial charge >= 0.3 is 11.9 Å². The van der Waals surface area contributed by atoms with Gasteiger partial charge in [0.2, 0.25) is 23.6 Å². The second-order valence-corrected chi connectivity index (χ2v) is 8.13. The van der Waals surface area contributed by atoms with Crippen molar-refractivity contribution in [2.24, 2.45) is 33.7 Å². The molecule has 0 aliphatic heterocycles. The summed E-state index contributed by atoms with van der Waals surface area (Å²) in [5.41, 5.74) is 26.7. The van der Waals surface area contributed by atoms with Crippen molar-refractivity contribution in [3.05, 3.63) is 0 Å². The number of amides is 4. The molecule has 15 N–H and O–H groups in total. The molecule has 0 spiro atoms. The number of primary amides is 1. The van der Waals surface area contributed by atoms with Gasteiger partial charge in [-0.25, -0.2) is 4.79 Å². The smallest absolute Gasteiger partial charge is 0.326 e. The Balaban J connectivity index is 5.45. The first-order chi connectivity index (χ1) is 17.3. The molecule has 0 aromatic heterocycles. The van der Waals surface area contributed by atoms with Crippen molar-refractivity contribution in [3.63, 3.8) is 0 Å². The van der Waals surface area contributed by atoms with Crippen LogP contribution >= 0.6 is 0 Å². The molecule has 210 valence electrons. The Morgan fingerprint density at radius 2 is 1.27 bits per heavy atom. The maximum atomic E-state index is 12.8. The van der Waals surface area contributed by atoms with E-state index in [1.807, 2.05) is 0 Å². The van der Waals surface area contributed by atoms with E-state index in [0.717, 1.165) is 0 Å². The van der Waals surface area contributed by atoms with E-state index >= 15 is 0 Å². The molecule has 17 heteroatoms. The summed E-state index contributed by atoms with van der Waals surface area (Å²) >= 11 is 0. The summed E-state index contributed by atoms with van der Waals surface area (Å²) in [5, 5.41) is 25.1. The molecule has 4 atom stereocenters. The van der Waals surface area contributed by atoms with E-state index in [1.54, 1.807) is 0 Å². The predicted octanol–water partition coefficient (Wildman–Crippen LogP) is -4.61. The molecule has 17 nitrogen and oxygen atoms in total. The van der Waals surface area contributed by atoms with Gasteiger partial charge < -0.3 is 54.8 Å². The fourth-order valence-corrected chi connectivity index (χ4v) is 3.02. The van der Waals surface area contributed by atoms with E-state index in [9.17, 15) is 33.9 Å². The third-order valence-electron chi connectivity index (χ3n) is 4.92. The van der Waals surface area contributed by atoms with Crippen LogP contribution in [-0.2, 0) is 28.8 Å². The van der Waals surface area contributed by atoms with E-state index in [1.165, 1.54) is 0 Å². The standard InChI is InChI=1S/C20H37N9O8/c21-6-2-1-4-10(22)16(33)28-12(8-14(23)30)17(34)29-13(9-15(31)32)18(35)27-11(19(36)37)5-3-7-26-20(24)25/h10-13H,1-9,21-22H2,(H2,23,30)(H,27,35)(H,28,33)(H,29,34)(H,31,32)(H,36,37)(H4,24,25,26). The number of hydrogen-bond acceptors (Lipinski definition) is 9. The molecule has 0 saturated heterocycles. The largest absolute Gasteiger partial charge is 0.481 e. The summed E-state index contributed by atoms with van der Waals surface area (Å²) in [6.45, 7) is 0.479. The monoisotopic (exact) mass is 531 g/mol. The summed E-state index contributed by atoms with van der Waals surface area (Å²) < 4.78 is 0. The average molecular weight is 532 g/mol. The zero-order valence-electron chi connectivity index (χ0n) is 20.4. The first-order valence-electron chi connectivity index (χ1n) is 11.4. The molecule has 0 radical (unpaired) electrons. The highest BCUT2D eigenvalue weighted by molar-refractivity contribution is 5.97. The van der Waals surface area contributed by atoms with Gasteiger partial charge in [-0.2, -0.15) is 0 Å². The fraction of sp³-hybridized carbons (Fsp3) is 0.650. The molecule has 0 fully saturated rings. The lowest BCUT2D eigenvalue weighted by molar-refractivity contribution is -0.144. The molecule has 0 aliphatic carbocycles. The number of carbonyl (C=O) groups excluding carboxylic acids is 4. The van der Waals surface area contributed by atoms with Gasteiger partial charge in [0.25, 0.3) is 0 Å². The van der Waals surface area contributed by atoms with Crippen LogP contribution < -0.4 is 44.6 Å². The molecule has 37 heavy (non-hydrogen) atoms. The Bertz CT molecular complexity index is 848. The van der Waals surface area contributed by atoms with Crippen LogP contribution in [0.3, 0.4) is 0 Å². The Hall–Kier alpha value is -3.99. The molecule has 0 heterocycles. The number of carbonyl (C=O) groups is 6. The Kier molecular flexibility index (Phi) is 15.6. The second kappa shape index (κ2) is 17.4. The van der Waals surface area contributed by atoms with E-state index in [4.69, 9.17) is 33.8 Å². The van der Waals surface area contributed by atoms with Crippen LogP contribution in [0.5, 0.6) is 0 Å². The highest BCUT2D eigenvalue weighted by Crippen LogP contribution is 2.04. The van der Waals surface area contributed by atoms with Gasteiger partial charge in [0, 0.05) is 6.54 Å². The maximum Gasteiger partial charge on any atom is 0.326 e. The number of hydrogen-bond donors (Lipinski definition) is 10. The van der Waals surface area contributed by atoms with Gasteiger partial charge in [-0.15, -0.1) is 0 Å². The number of aliphatic imine (C=N–C) groups is 1. The quantitative estimate of drug-likeness (QED) is 0.0427. The van der Waals surface area contributed by atoms with Crippen LogP contribution in [0.25, 0.3) is 0 Å². The zero-order chi connectivity index (χ0) is 28.5. The van der Waals surface area contributed by atoms with Crippen LogP contribution in [0.15, 0.2) is 4.99 Å². The Morgan fingerprint density at radius 1 is 0.730 bits per heavy atom. The van der Waals surface area contributed by atoms with E-state index in [2.05, 4.69) is 20.9 Å². The molecule has 4 unspecified atom stereocenters. The van der Waals surface area contributed by atoms with Crippen molar-refractivity contribution in [1.82, 2.24) is 16.0 Å². The second-order valence-electron chi connectivity index (χ2n) is 8.13. The molecule has 0 aromatic carbocycles. The van der Waals surface area contributed by atoms with Gasteiger partial charge in [-0.1, -0.05) is 6.42 Å². The summed E-state index contributed by atoms with van der Waals surface area (Å²) in [6, 6.07) is -5.77. The van der Waals surface area contributed by atoms with Crippen molar-refractivity contribution in [1.29, 1.82) is 0 Å².